The van der Waals surface area contributed by atoms with Gasteiger partial charge in [-0.25, -0.2) is 4.79 Å². The van der Waals surface area contributed by atoms with Crippen molar-refractivity contribution in [2.45, 2.75) is 39.3 Å². The Bertz CT molecular complexity index is 709. The quantitative estimate of drug-likeness (QED) is 0.897. The third-order valence-electron chi connectivity index (χ3n) is 4.07. The molecule has 5 heteroatoms. The van der Waals surface area contributed by atoms with Crippen LogP contribution in [-0.2, 0) is 13.0 Å². The van der Waals surface area contributed by atoms with Crippen molar-refractivity contribution in [3.8, 4) is 0 Å². The first-order chi connectivity index (χ1) is 10.5. The zero-order valence-electron chi connectivity index (χ0n) is 12.7. The van der Waals surface area contributed by atoms with Crippen molar-refractivity contribution in [3.63, 3.8) is 0 Å². The monoisotopic (exact) mass is 318 g/mol. The summed E-state index contributed by atoms with van der Waals surface area (Å²) in [5, 5.41) is 6.66. The van der Waals surface area contributed by atoms with E-state index in [0.29, 0.717) is 6.54 Å². The standard InChI is InChI=1S/C17H19ClN2O2/c1-10-7-13(11(2)22-10)9-19-17(21)20-16-6-3-12-8-14(18)4-5-15(12)16/h4-5,7-8,16H,3,6,9H2,1-2H3,(H2,19,20,21). The molecule has 1 unspecified atom stereocenters. The number of nitrogens with one attached hydrogen (secondary N) is 2. The summed E-state index contributed by atoms with van der Waals surface area (Å²) in [6, 6.07) is 7.69. The van der Waals surface area contributed by atoms with Gasteiger partial charge in [-0.1, -0.05) is 17.7 Å². The van der Waals surface area contributed by atoms with Crippen molar-refractivity contribution < 1.29 is 9.21 Å². The highest BCUT2D eigenvalue weighted by Gasteiger charge is 2.24. The fraction of sp³-hybridized carbons (Fsp3) is 0.353. The Morgan fingerprint density at radius 2 is 2.18 bits per heavy atom. The molecule has 2 amide bonds. The van der Waals surface area contributed by atoms with Crippen molar-refractivity contribution in [2.24, 2.45) is 0 Å². The fourth-order valence-corrected chi connectivity index (χ4v) is 3.17. The van der Waals surface area contributed by atoms with Crippen LogP contribution in [0.25, 0.3) is 0 Å². The topological polar surface area (TPSA) is 54.3 Å². The summed E-state index contributed by atoms with van der Waals surface area (Å²) in [6.45, 7) is 4.27. The first kappa shape index (κ1) is 15.0. The summed E-state index contributed by atoms with van der Waals surface area (Å²) in [6.07, 6.45) is 1.85. The van der Waals surface area contributed by atoms with E-state index in [2.05, 4.69) is 10.6 Å². The zero-order valence-corrected chi connectivity index (χ0v) is 13.5. The number of carbonyl (C=O) groups excluding carboxylic acids is 1. The second-order valence-corrected chi connectivity index (χ2v) is 6.14. The Kier molecular flexibility index (Phi) is 4.12. The van der Waals surface area contributed by atoms with Gasteiger partial charge in [0, 0.05) is 17.1 Å². The average Bonchev–Trinajstić information content (AvgIpc) is 2.99. The predicted molar refractivity (Wildman–Crippen MR) is 86.1 cm³/mol. The Labute approximate surface area is 134 Å². The fourth-order valence-electron chi connectivity index (χ4n) is 2.98. The van der Waals surface area contributed by atoms with Crippen LogP contribution in [-0.4, -0.2) is 6.03 Å². The van der Waals surface area contributed by atoms with E-state index in [4.69, 9.17) is 16.0 Å². The lowest BCUT2D eigenvalue weighted by Gasteiger charge is -2.15. The van der Waals surface area contributed by atoms with E-state index in [1.54, 1.807) is 0 Å². The maximum absolute atomic E-state index is 12.1. The second-order valence-electron chi connectivity index (χ2n) is 5.70. The number of benzene rings is 1. The molecule has 2 N–H and O–H groups in total. The molecule has 1 heterocycles. The van der Waals surface area contributed by atoms with Crippen molar-refractivity contribution in [2.75, 3.05) is 0 Å². The molecule has 4 nitrogen and oxygen atoms in total. The van der Waals surface area contributed by atoms with Crippen LogP contribution in [0.5, 0.6) is 0 Å². The molecule has 0 aliphatic heterocycles. The lowest BCUT2D eigenvalue weighted by atomic mass is 10.1. The van der Waals surface area contributed by atoms with E-state index in [9.17, 15) is 4.79 Å². The molecule has 1 aromatic heterocycles. The van der Waals surface area contributed by atoms with Crippen LogP contribution in [0, 0.1) is 13.8 Å². The van der Waals surface area contributed by atoms with Gasteiger partial charge < -0.3 is 15.1 Å². The Morgan fingerprint density at radius 1 is 1.36 bits per heavy atom. The second kappa shape index (κ2) is 6.05. The van der Waals surface area contributed by atoms with E-state index >= 15 is 0 Å². The molecular weight excluding hydrogens is 300 g/mol. The smallest absolute Gasteiger partial charge is 0.315 e. The number of carbonyl (C=O) groups is 1. The number of fused-ring (bicyclic) bond motifs is 1. The Balaban J connectivity index is 1.58. The minimum Gasteiger partial charge on any atom is -0.466 e. The molecule has 0 radical (unpaired) electrons. The molecule has 116 valence electrons. The van der Waals surface area contributed by atoms with E-state index in [1.807, 2.05) is 38.1 Å². The van der Waals surface area contributed by atoms with Gasteiger partial charge in [-0.3, -0.25) is 0 Å². The van der Waals surface area contributed by atoms with Gasteiger partial charge in [0.25, 0.3) is 0 Å². The molecule has 1 aliphatic carbocycles. The maximum Gasteiger partial charge on any atom is 0.315 e. The van der Waals surface area contributed by atoms with Crippen LogP contribution in [0.2, 0.25) is 5.02 Å². The van der Waals surface area contributed by atoms with E-state index in [-0.39, 0.29) is 12.1 Å². The normalized spacial score (nSPS) is 16.4. The third kappa shape index (κ3) is 3.12. The number of amides is 2. The number of rotatable bonds is 3. The van der Waals surface area contributed by atoms with Crippen molar-refractivity contribution in [1.29, 1.82) is 0 Å². The van der Waals surface area contributed by atoms with Gasteiger partial charge >= 0.3 is 6.03 Å². The number of furan rings is 1. The largest absolute Gasteiger partial charge is 0.466 e. The molecule has 0 saturated heterocycles. The molecule has 0 bridgehead atoms. The first-order valence-corrected chi connectivity index (χ1v) is 7.79. The van der Waals surface area contributed by atoms with Gasteiger partial charge in [-0.2, -0.15) is 0 Å². The summed E-state index contributed by atoms with van der Waals surface area (Å²) in [4.78, 5) is 12.1. The van der Waals surface area contributed by atoms with Crippen LogP contribution in [0.1, 0.15) is 40.7 Å². The van der Waals surface area contributed by atoms with Crippen molar-refractivity contribution in [3.05, 3.63) is 57.5 Å². The lowest BCUT2D eigenvalue weighted by molar-refractivity contribution is 0.236. The Morgan fingerprint density at radius 3 is 2.91 bits per heavy atom. The summed E-state index contributed by atoms with van der Waals surface area (Å²) in [5.41, 5.74) is 3.39. The number of hydrogen-bond donors (Lipinski definition) is 2. The average molecular weight is 319 g/mol. The molecular formula is C17H19ClN2O2. The number of hydrogen-bond acceptors (Lipinski definition) is 2. The van der Waals surface area contributed by atoms with Gasteiger partial charge in [0.05, 0.1) is 6.04 Å². The third-order valence-corrected chi connectivity index (χ3v) is 4.31. The summed E-state index contributed by atoms with van der Waals surface area (Å²) in [7, 11) is 0. The minimum absolute atomic E-state index is 0.0550. The highest BCUT2D eigenvalue weighted by atomic mass is 35.5. The maximum atomic E-state index is 12.1. The molecule has 0 saturated carbocycles. The summed E-state index contributed by atoms with van der Waals surface area (Å²) in [5.74, 6) is 1.70. The van der Waals surface area contributed by atoms with E-state index in [0.717, 1.165) is 40.5 Å². The lowest BCUT2D eigenvalue weighted by Crippen LogP contribution is -2.36. The SMILES string of the molecule is Cc1cc(CNC(=O)NC2CCc3cc(Cl)ccc32)c(C)o1. The van der Waals surface area contributed by atoms with Gasteiger partial charge in [0.2, 0.25) is 0 Å². The van der Waals surface area contributed by atoms with Crippen LogP contribution in [0.15, 0.2) is 28.7 Å². The van der Waals surface area contributed by atoms with E-state index < -0.39 is 0 Å². The van der Waals surface area contributed by atoms with Gasteiger partial charge in [-0.05, 0) is 56.0 Å². The van der Waals surface area contributed by atoms with Gasteiger partial charge in [-0.15, -0.1) is 0 Å². The van der Waals surface area contributed by atoms with Crippen LogP contribution in [0.4, 0.5) is 4.79 Å². The van der Waals surface area contributed by atoms with Gasteiger partial charge in [0.1, 0.15) is 11.5 Å². The zero-order chi connectivity index (χ0) is 15.7. The van der Waals surface area contributed by atoms with E-state index in [1.165, 1.54) is 5.56 Å². The number of aryl methyl sites for hydroxylation is 3. The summed E-state index contributed by atoms with van der Waals surface area (Å²) < 4.78 is 5.45. The Hall–Kier alpha value is -1.94. The van der Waals surface area contributed by atoms with Crippen molar-refractivity contribution >= 4 is 17.6 Å². The predicted octanol–water partition coefficient (Wildman–Crippen LogP) is 4.04. The molecule has 1 aliphatic rings. The highest BCUT2D eigenvalue weighted by Crippen LogP contribution is 2.32. The first-order valence-electron chi connectivity index (χ1n) is 7.41. The van der Waals surface area contributed by atoms with Gasteiger partial charge in [0.15, 0.2) is 0 Å². The molecule has 2 aromatic rings. The number of halogens is 1. The molecule has 1 atom stereocenters. The van der Waals surface area contributed by atoms with Crippen LogP contribution < -0.4 is 10.6 Å². The molecule has 22 heavy (non-hydrogen) atoms. The molecule has 0 spiro atoms. The molecule has 3 rings (SSSR count). The highest BCUT2D eigenvalue weighted by molar-refractivity contribution is 6.30. The van der Waals surface area contributed by atoms with Crippen LogP contribution >= 0.6 is 11.6 Å². The molecule has 0 fully saturated rings. The van der Waals surface area contributed by atoms with Crippen molar-refractivity contribution in [1.82, 2.24) is 10.6 Å². The van der Waals surface area contributed by atoms with Crippen LogP contribution in [0.3, 0.4) is 0 Å². The minimum atomic E-state index is -0.161. The summed E-state index contributed by atoms with van der Waals surface area (Å²) >= 11 is 6.00. The molecule has 1 aromatic carbocycles. The number of urea groups is 1.